The van der Waals surface area contributed by atoms with Crippen molar-refractivity contribution in [1.82, 2.24) is 14.9 Å². The minimum atomic E-state index is -0.710. The summed E-state index contributed by atoms with van der Waals surface area (Å²) in [6.07, 6.45) is 5.26. The Morgan fingerprint density at radius 2 is 1.79 bits per heavy atom. The maximum Gasteiger partial charge on any atom is 0.264 e. The van der Waals surface area contributed by atoms with Gasteiger partial charge >= 0.3 is 0 Å². The lowest BCUT2D eigenvalue weighted by molar-refractivity contribution is -0.137. The van der Waals surface area contributed by atoms with Crippen LogP contribution >= 0.6 is 11.6 Å². The summed E-state index contributed by atoms with van der Waals surface area (Å²) in [6.45, 7) is 1.10. The summed E-state index contributed by atoms with van der Waals surface area (Å²) in [5, 5.41) is 0.636. The molecule has 0 aliphatic carbocycles. The van der Waals surface area contributed by atoms with Gasteiger partial charge in [0.15, 0.2) is 11.4 Å². The van der Waals surface area contributed by atoms with Crippen LogP contribution in [0.5, 0.6) is 0 Å². The van der Waals surface area contributed by atoms with Crippen molar-refractivity contribution < 1.29 is 23.5 Å². The van der Waals surface area contributed by atoms with Crippen LogP contribution in [-0.4, -0.2) is 57.6 Å². The number of Topliss-reactive ketones (excluding diaryl/α,β-unsaturated/α-hetero) is 2. The number of amides is 1. The minimum Gasteiger partial charge on any atom is -0.434 e. The van der Waals surface area contributed by atoms with Gasteiger partial charge in [-0.25, -0.2) is 4.98 Å². The number of likely N-dealkylation sites (tertiary alicyclic amines) is 1. The molecule has 9 nitrogen and oxygen atoms in total. The SMILES string of the molecule is NCCCC[C@H](CC(=O)[C@@H]1C[C@@H](OCc2ccc(Cl)cc2)CN1C(=O)Cc1ccncc1)C(=O)c1nc2ccccc2o1. The maximum absolute atomic E-state index is 13.9. The number of hydrogen-bond donors (Lipinski definition) is 1. The lowest BCUT2D eigenvalue weighted by atomic mass is 9.89. The minimum absolute atomic E-state index is 0.00651. The number of oxazole rings is 1. The normalized spacial score (nSPS) is 17.3. The smallest absolute Gasteiger partial charge is 0.264 e. The summed E-state index contributed by atoms with van der Waals surface area (Å²) >= 11 is 6.01. The molecule has 3 heterocycles. The van der Waals surface area contributed by atoms with Crippen LogP contribution in [0.1, 0.15) is 53.9 Å². The van der Waals surface area contributed by atoms with Crippen LogP contribution in [-0.2, 0) is 27.4 Å². The summed E-state index contributed by atoms with van der Waals surface area (Å²) in [7, 11) is 0. The monoisotopic (exact) mass is 602 g/mol. The van der Waals surface area contributed by atoms with Crippen LogP contribution < -0.4 is 5.73 Å². The number of pyridine rings is 1. The Balaban J connectivity index is 1.33. The molecule has 0 spiro atoms. The van der Waals surface area contributed by atoms with E-state index in [4.69, 9.17) is 26.5 Å². The fourth-order valence-corrected chi connectivity index (χ4v) is 5.59. The number of hydrogen-bond acceptors (Lipinski definition) is 8. The Bertz CT molecular complexity index is 1510. The molecule has 10 heteroatoms. The van der Waals surface area contributed by atoms with Gasteiger partial charge in [0.05, 0.1) is 25.2 Å². The van der Waals surface area contributed by atoms with Crippen molar-refractivity contribution in [3.63, 3.8) is 0 Å². The predicted octanol–water partition coefficient (Wildman–Crippen LogP) is 5.19. The lowest BCUT2D eigenvalue weighted by Gasteiger charge is -2.25. The zero-order chi connectivity index (χ0) is 30.2. The van der Waals surface area contributed by atoms with Crippen LogP contribution in [0.2, 0.25) is 5.02 Å². The average molecular weight is 603 g/mol. The molecular formula is C33H35ClN4O5. The zero-order valence-corrected chi connectivity index (χ0v) is 24.6. The lowest BCUT2D eigenvalue weighted by Crippen LogP contribution is -2.42. The first-order valence-corrected chi connectivity index (χ1v) is 15.0. The quantitative estimate of drug-likeness (QED) is 0.154. The van der Waals surface area contributed by atoms with Gasteiger partial charge in [-0.05, 0) is 66.9 Å². The first kappa shape index (κ1) is 30.5. The Morgan fingerprint density at radius 3 is 2.53 bits per heavy atom. The van der Waals surface area contributed by atoms with Crippen LogP contribution in [0.15, 0.2) is 77.5 Å². The van der Waals surface area contributed by atoms with Crippen molar-refractivity contribution in [2.75, 3.05) is 13.1 Å². The summed E-state index contributed by atoms with van der Waals surface area (Å²) in [4.78, 5) is 51.0. The van der Waals surface area contributed by atoms with E-state index >= 15 is 0 Å². The first-order valence-electron chi connectivity index (χ1n) is 14.6. The number of carbonyl (C=O) groups is 3. The average Bonchev–Trinajstić information content (AvgIpc) is 3.66. The number of nitrogens with zero attached hydrogens (tertiary/aromatic N) is 3. The molecule has 1 saturated heterocycles. The molecule has 5 rings (SSSR count). The number of nitrogens with two attached hydrogens (primary N) is 1. The van der Waals surface area contributed by atoms with Gasteiger partial charge < -0.3 is 19.8 Å². The Labute approximate surface area is 255 Å². The van der Waals surface area contributed by atoms with E-state index in [9.17, 15) is 14.4 Å². The molecule has 1 amide bonds. The van der Waals surface area contributed by atoms with Gasteiger partial charge in [0.25, 0.3) is 5.89 Å². The molecular weight excluding hydrogens is 568 g/mol. The number of aromatic nitrogens is 2. The van der Waals surface area contributed by atoms with E-state index in [1.54, 1.807) is 53.7 Å². The van der Waals surface area contributed by atoms with Crippen molar-refractivity contribution in [1.29, 1.82) is 0 Å². The van der Waals surface area contributed by atoms with E-state index in [2.05, 4.69) is 9.97 Å². The third kappa shape index (κ3) is 7.93. The van der Waals surface area contributed by atoms with E-state index in [0.29, 0.717) is 48.5 Å². The molecule has 43 heavy (non-hydrogen) atoms. The second kappa shape index (κ2) is 14.5. The van der Waals surface area contributed by atoms with Gasteiger partial charge in [-0.15, -0.1) is 0 Å². The van der Waals surface area contributed by atoms with Crippen LogP contribution in [0.3, 0.4) is 0 Å². The second-order valence-corrected chi connectivity index (χ2v) is 11.3. The Kier molecular flexibility index (Phi) is 10.3. The standard InChI is InChI=1S/C33H35ClN4O5/c34-25-10-8-23(9-11-25)21-42-26-19-28(38(20-26)31(40)17-22-12-15-36-16-13-22)29(39)18-24(5-3-4-14-35)32(41)33-37-27-6-1-2-7-30(27)43-33/h1-2,6-13,15-16,24,26,28H,3-5,14,17-21,35H2/t24-,26-,28+/m1/s1. The largest absolute Gasteiger partial charge is 0.434 e. The van der Waals surface area contributed by atoms with E-state index in [-0.39, 0.29) is 48.9 Å². The van der Waals surface area contributed by atoms with Gasteiger partial charge in [0.1, 0.15) is 5.52 Å². The number of para-hydroxylation sites is 2. The summed E-state index contributed by atoms with van der Waals surface area (Å²) in [6, 6.07) is 17.4. The molecule has 0 saturated carbocycles. The maximum atomic E-state index is 13.9. The third-order valence-corrected chi connectivity index (χ3v) is 8.04. The van der Waals surface area contributed by atoms with E-state index in [1.807, 2.05) is 24.3 Å². The molecule has 2 N–H and O–H groups in total. The van der Waals surface area contributed by atoms with Gasteiger partial charge in [-0.3, -0.25) is 19.4 Å². The number of ether oxygens (including phenoxy) is 1. The molecule has 2 aromatic heterocycles. The third-order valence-electron chi connectivity index (χ3n) is 7.79. The van der Waals surface area contributed by atoms with E-state index in [0.717, 1.165) is 17.5 Å². The number of carbonyl (C=O) groups excluding carboxylic acids is 3. The van der Waals surface area contributed by atoms with Crippen molar-refractivity contribution in [2.45, 2.75) is 57.3 Å². The fraction of sp³-hybridized carbons (Fsp3) is 0.364. The molecule has 1 aliphatic heterocycles. The molecule has 3 atom stereocenters. The van der Waals surface area contributed by atoms with Crippen molar-refractivity contribution in [2.24, 2.45) is 11.7 Å². The zero-order valence-electron chi connectivity index (χ0n) is 23.9. The number of unbranched alkanes of at least 4 members (excludes halogenated alkanes) is 1. The van der Waals surface area contributed by atoms with Crippen molar-refractivity contribution >= 4 is 40.2 Å². The fourth-order valence-electron chi connectivity index (χ4n) is 5.46. The molecule has 2 aromatic carbocycles. The molecule has 1 fully saturated rings. The molecule has 0 unspecified atom stereocenters. The topological polar surface area (TPSA) is 129 Å². The number of halogens is 1. The number of rotatable bonds is 14. The number of ketones is 2. The highest BCUT2D eigenvalue weighted by Gasteiger charge is 2.41. The van der Waals surface area contributed by atoms with E-state index in [1.165, 1.54) is 0 Å². The Morgan fingerprint density at radius 1 is 1.02 bits per heavy atom. The van der Waals surface area contributed by atoms with Crippen molar-refractivity contribution in [3.8, 4) is 0 Å². The van der Waals surface area contributed by atoms with E-state index < -0.39 is 12.0 Å². The summed E-state index contributed by atoms with van der Waals surface area (Å²) < 4.78 is 11.9. The van der Waals surface area contributed by atoms with Crippen LogP contribution in [0.25, 0.3) is 11.1 Å². The van der Waals surface area contributed by atoms with Crippen LogP contribution in [0, 0.1) is 5.92 Å². The van der Waals surface area contributed by atoms with Gasteiger partial charge in [0, 0.05) is 42.7 Å². The predicted molar refractivity (Wildman–Crippen MR) is 162 cm³/mol. The molecule has 1 aliphatic rings. The second-order valence-electron chi connectivity index (χ2n) is 10.9. The number of fused-ring (bicyclic) bond motifs is 1. The summed E-state index contributed by atoms with van der Waals surface area (Å²) in [5.74, 6) is -1.31. The molecule has 4 aromatic rings. The highest BCUT2D eigenvalue weighted by atomic mass is 35.5. The van der Waals surface area contributed by atoms with Gasteiger partial charge in [-0.1, -0.05) is 42.3 Å². The van der Waals surface area contributed by atoms with Gasteiger partial charge in [-0.2, -0.15) is 0 Å². The molecule has 224 valence electrons. The first-order chi connectivity index (χ1) is 20.9. The highest BCUT2D eigenvalue weighted by molar-refractivity contribution is 6.30. The van der Waals surface area contributed by atoms with Crippen LogP contribution in [0.4, 0.5) is 0 Å². The van der Waals surface area contributed by atoms with Gasteiger partial charge in [0.2, 0.25) is 11.7 Å². The Hall–Kier alpha value is -3.92. The highest BCUT2D eigenvalue weighted by Crippen LogP contribution is 2.28. The molecule has 0 bridgehead atoms. The van der Waals surface area contributed by atoms with Crippen molar-refractivity contribution in [3.05, 3.63) is 95.1 Å². The molecule has 0 radical (unpaired) electrons. The summed E-state index contributed by atoms with van der Waals surface area (Å²) in [5.41, 5.74) is 8.56. The number of benzene rings is 2.